The summed E-state index contributed by atoms with van der Waals surface area (Å²) in [6.45, 7) is 2.46. The van der Waals surface area contributed by atoms with Crippen molar-refractivity contribution < 1.29 is 0 Å². The number of benzene rings is 3. The molecule has 0 bridgehead atoms. The Morgan fingerprint density at radius 2 is 1.56 bits per heavy atom. The second kappa shape index (κ2) is 9.09. The van der Waals surface area contributed by atoms with Gasteiger partial charge in [-0.25, -0.2) is 0 Å². The molecule has 3 aromatic rings. The molecule has 0 radical (unpaired) electrons. The second-order valence-electron chi connectivity index (χ2n) is 11.8. The molecular formula is C39H34. The first-order valence-corrected chi connectivity index (χ1v) is 14.8. The van der Waals surface area contributed by atoms with Gasteiger partial charge in [-0.3, -0.25) is 0 Å². The summed E-state index contributed by atoms with van der Waals surface area (Å²) in [6.07, 6.45) is 31.8. The molecule has 0 nitrogen and oxygen atoms in total. The lowest BCUT2D eigenvalue weighted by atomic mass is 9.66. The van der Waals surface area contributed by atoms with Crippen LogP contribution >= 0.6 is 0 Å². The van der Waals surface area contributed by atoms with E-state index in [4.69, 9.17) is 0 Å². The third-order valence-electron chi connectivity index (χ3n) is 9.78. The van der Waals surface area contributed by atoms with Gasteiger partial charge in [0, 0.05) is 5.92 Å². The largest absolute Gasteiger partial charge is 0.0842 e. The van der Waals surface area contributed by atoms with Gasteiger partial charge in [0.05, 0.1) is 0 Å². The molecule has 8 rings (SSSR count). The molecule has 3 unspecified atom stereocenters. The Morgan fingerprint density at radius 1 is 0.744 bits per heavy atom. The maximum absolute atomic E-state index is 2.56. The van der Waals surface area contributed by atoms with Crippen molar-refractivity contribution in [1.82, 2.24) is 0 Å². The summed E-state index contributed by atoms with van der Waals surface area (Å²) in [5.74, 6) is 1.74. The summed E-state index contributed by atoms with van der Waals surface area (Å²) in [5, 5.41) is 8.54. The molecule has 0 aromatic heterocycles. The van der Waals surface area contributed by atoms with Gasteiger partial charge in [0.2, 0.25) is 0 Å². The van der Waals surface area contributed by atoms with E-state index >= 15 is 0 Å². The van der Waals surface area contributed by atoms with Gasteiger partial charge in [-0.05, 0) is 109 Å². The Kier molecular flexibility index (Phi) is 5.37. The van der Waals surface area contributed by atoms with Crippen molar-refractivity contribution in [2.24, 2.45) is 17.8 Å². The number of fused-ring (bicyclic) bond motifs is 5. The number of hydrogen-bond acceptors (Lipinski definition) is 0. The maximum Gasteiger partial charge on any atom is 0.00527 e. The minimum absolute atomic E-state index is 0.541. The van der Waals surface area contributed by atoms with Gasteiger partial charge in [-0.1, -0.05) is 116 Å². The molecule has 0 heteroatoms. The van der Waals surface area contributed by atoms with Gasteiger partial charge >= 0.3 is 0 Å². The van der Waals surface area contributed by atoms with Crippen LogP contribution in [0.4, 0.5) is 0 Å². The molecular weight excluding hydrogens is 468 g/mol. The van der Waals surface area contributed by atoms with Gasteiger partial charge in [0.1, 0.15) is 0 Å². The highest BCUT2D eigenvalue weighted by Gasteiger charge is 2.34. The molecule has 3 atom stereocenters. The first kappa shape index (κ1) is 23.0. The van der Waals surface area contributed by atoms with E-state index in [9.17, 15) is 0 Å². The van der Waals surface area contributed by atoms with Crippen molar-refractivity contribution in [3.05, 3.63) is 123 Å². The zero-order valence-electron chi connectivity index (χ0n) is 22.7. The molecule has 0 N–H and O–H groups in total. The monoisotopic (exact) mass is 502 g/mol. The fraction of sp³-hybridized carbons (Fsp3) is 0.231. The van der Waals surface area contributed by atoms with E-state index in [2.05, 4.69) is 116 Å². The van der Waals surface area contributed by atoms with Gasteiger partial charge in [0.25, 0.3) is 0 Å². The molecule has 39 heavy (non-hydrogen) atoms. The fourth-order valence-electron chi connectivity index (χ4n) is 7.94. The van der Waals surface area contributed by atoms with Crippen molar-refractivity contribution in [3.8, 4) is 11.1 Å². The quantitative estimate of drug-likeness (QED) is 0.359. The van der Waals surface area contributed by atoms with Gasteiger partial charge in [0.15, 0.2) is 0 Å². The van der Waals surface area contributed by atoms with Crippen LogP contribution < -0.4 is 20.9 Å². The molecule has 190 valence electrons. The van der Waals surface area contributed by atoms with Crippen LogP contribution in [0.2, 0.25) is 0 Å². The van der Waals surface area contributed by atoms with Crippen LogP contribution in [0.5, 0.6) is 0 Å². The number of hydrogen-bond donors (Lipinski definition) is 0. The van der Waals surface area contributed by atoms with Crippen molar-refractivity contribution >= 4 is 40.1 Å². The molecule has 0 saturated carbocycles. The van der Waals surface area contributed by atoms with Crippen LogP contribution in [-0.4, -0.2) is 0 Å². The average molecular weight is 503 g/mol. The highest BCUT2D eigenvalue weighted by Crippen LogP contribution is 2.43. The Balaban J connectivity index is 1.47. The smallest absolute Gasteiger partial charge is 0.00527 e. The molecule has 3 aromatic carbocycles. The normalized spacial score (nSPS) is 24.3. The summed E-state index contributed by atoms with van der Waals surface area (Å²) < 4.78 is 0. The van der Waals surface area contributed by atoms with Crippen molar-refractivity contribution in [2.75, 3.05) is 0 Å². The molecule has 0 fully saturated rings. The van der Waals surface area contributed by atoms with E-state index in [1.165, 1.54) is 65.1 Å². The molecule has 5 aliphatic rings. The van der Waals surface area contributed by atoms with Crippen LogP contribution in [-0.2, 0) is 0 Å². The van der Waals surface area contributed by atoms with Crippen molar-refractivity contribution in [3.63, 3.8) is 0 Å². The van der Waals surface area contributed by atoms with E-state index in [-0.39, 0.29) is 0 Å². The molecule has 5 aliphatic carbocycles. The summed E-state index contributed by atoms with van der Waals surface area (Å²) in [5.41, 5.74) is 8.77. The Bertz CT molecular complexity index is 1950. The third-order valence-corrected chi connectivity index (χ3v) is 9.78. The Labute approximate surface area is 230 Å². The van der Waals surface area contributed by atoms with Crippen LogP contribution in [0.25, 0.3) is 51.3 Å². The number of allylic oxidation sites excluding steroid dienone is 10. The van der Waals surface area contributed by atoms with E-state index in [0.29, 0.717) is 17.8 Å². The molecule has 0 amide bonds. The van der Waals surface area contributed by atoms with Crippen LogP contribution in [0, 0.1) is 17.8 Å². The minimum atomic E-state index is 0.541. The summed E-state index contributed by atoms with van der Waals surface area (Å²) >= 11 is 0. The second-order valence-corrected chi connectivity index (χ2v) is 11.8. The topological polar surface area (TPSA) is 0 Å². The standard InChI is InChI=1S/C39H34/c1-25-28-15-6-5-14-27(28)24-37-29(25)22-23-31-30(37)20-11-21-32(31)39-35-18-9-7-16-33(35)38(26-12-3-2-4-13-26)34-17-8-10-19-36(34)39/h2-3,5-7,9,11-12,14-21,23-25,28-29H,4,8,10,13,22H2,1H3. The minimum Gasteiger partial charge on any atom is -0.0842 e. The SMILES string of the molecule is CC1C2C=CC=CC2=CC2=c3cccc(-c4c5c(c(C6=CC=CCC6)c6ccccc46)=CCCC=5)c3=CCC21. The predicted molar refractivity (Wildman–Crippen MR) is 167 cm³/mol. The van der Waals surface area contributed by atoms with Gasteiger partial charge in [-0.15, -0.1) is 0 Å². The van der Waals surface area contributed by atoms with E-state index in [0.717, 1.165) is 32.1 Å². The molecule has 0 saturated heterocycles. The zero-order valence-corrected chi connectivity index (χ0v) is 22.7. The van der Waals surface area contributed by atoms with Gasteiger partial charge < -0.3 is 0 Å². The van der Waals surface area contributed by atoms with Crippen LogP contribution in [0.3, 0.4) is 0 Å². The highest BCUT2D eigenvalue weighted by molar-refractivity contribution is 6.04. The summed E-state index contributed by atoms with van der Waals surface area (Å²) in [4.78, 5) is 0. The first-order chi connectivity index (χ1) is 19.3. The van der Waals surface area contributed by atoms with E-state index in [1.54, 1.807) is 0 Å². The van der Waals surface area contributed by atoms with Gasteiger partial charge in [-0.2, -0.15) is 0 Å². The molecule has 0 heterocycles. The summed E-state index contributed by atoms with van der Waals surface area (Å²) in [6, 6.07) is 16.2. The average Bonchev–Trinajstić information content (AvgIpc) is 3.00. The third kappa shape index (κ3) is 3.51. The fourth-order valence-corrected chi connectivity index (χ4v) is 7.94. The Morgan fingerprint density at radius 3 is 2.38 bits per heavy atom. The lowest BCUT2D eigenvalue weighted by molar-refractivity contribution is 0.371. The van der Waals surface area contributed by atoms with Crippen LogP contribution in [0.15, 0.2) is 96.6 Å². The van der Waals surface area contributed by atoms with Crippen molar-refractivity contribution in [2.45, 2.75) is 39.0 Å². The zero-order chi connectivity index (χ0) is 25.9. The van der Waals surface area contributed by atoms with Crippen LogP contribution in [0.1, 0.15) is 44.6 Å². The highest BCUT2D eigenvalue weighted by atomic mass is 14.4. The Hall–Kier alpha value is -3.90. The van der Waals surface area contributed by atoms with E-state index in [1.807, 2.05) is 0 Å². The first-order valence-electron chi connectivity index (χ1n) is 14.8. The summed E-state index contributed by atoms with van der Waals surface area (Å²) in [7, 11) is 0. The van der Waals surface area contributed by atoms with Crippen molar-refractivity contribution in [1.29, 1.82) is 0 Å². The molecule has 0 aliphatic heterocycles. The van der Waals surface area contributed by atoms with E-state index < -0.39 is 0 Å². The lowest BCUT2D eigenvalue weighted by Gasteiger charge is -2.38. The molecule has 0 spiro atoms. The lowest BCUT2D eigenvalue weighted by Crippen LogP contribution is -2.40. The maximum atomic E-state index is 2.56. The predicted octanol–water partition coefficient (Wildman–Crippen LogP) is 6.86. The number of rotatable bonds is 2.